The van der Waals surface area contributed by atoms with Gasteiger partial charge in [0, 0.05) is 23.0 Å². The van der Waals surface area contributed by atoms with Crippen LogP contribution in [0, 0.1) is 5.92 Å². The van der Waals surface area contributed by atoms with Crippen LogP contribution in [0.4, 0.5) is 0 Å². The summed E-state index contributed by atoms with van der Waals surface area (Å²) in [7, 11) is 2.01. The molecule has 1 aromatic carbocycles. The molecule has 0 amide bonds. The summed E-state index contributed by atoms with van der Waals surface area (Å²) in [5.74, 6) is 1.42. The van der Waals surface area contributed by atoms with Crippen LogP contribution in [0.2, 0.25) is 0 Å². The fourth-order valence-electron chi connectivity index (χ4n) is 2.80. The highest BCUT2D eigenvalue weighted by Gasteiger charge is 2.32. The summed E-state index contributed by atoms with van der Waals surface area (Å²) in [6.45, 7) is 5.70. The molecule has 1 aromatic rings. The van der Waals surface area contributed by atoms with E-state index in [0.717, 1.165) is 23.2 Å². The molecule has 0 spiro atoms. The molecule has 2 rings (SSSR count). The predicted molar refractivity (Wildman–Crippen MR) is 80.6 cm³/mol. The molecule has 1 saturated heterocycles. The number of benzene rings is 1. The molecule has 0 radical (unpaired) electrons. The Morgan fingerprint density at radius 2 is 2.32 bits per heavy atom. The zero-order chi connectivity index (χ0) is 13.8. The minimum absolute atomic E-state index is 0.302. The second-order valence-electron chi connectivity index (χ2n) is 4.91. The molecule has 3 nitrogen and oxygen atoms in total. The maximum atomic E-state index is 5.69. The first-order chi connectivity index (χ1) is 9.17. The summed E-state index contributed by atoms with van der Waals surface area (Å²) in [6.07, 6.45) is 1.41. The molecule has 19 heavy (non-hydrogen) atoms. The minimum Gasteiger partial charge on any atom is -0.494 e. The summed E-state index contributed by atoms with van der Waals surface area (Å²) in [5, 5.41) is 3.43. The Labute approximate surface area is 123 Å². The van der Waals surface area contributed by atoms with Crippen LogP contribution in [0.25, 0.3) is 0 Å². The molecule has 1 fully saturated rings. The Kier molecular flexibility index (Phi) is 5.25. The molecule has 1 N–H and O–H groups in total. The van der Waals surface area contributed by atoms with Gasteiger partial charge in [-0.1, -0.05) is 22.0 Å². The number of rotatable bonds is 5. The van der Waals surface area contributed by atoms with E-state index >= 15 is 0 Å². The number of ether oxygens (including phenoxy) is 2. The highest BCUT2D eigenvalue weighted by Crippen LogP contribution is 2.37. The second-order valence-corrected chi connectivity index (χ2v) is 5.77. The van der Waals surface area contributed by atoms with E-state index in [2.05, 4.69) is 34.2 Å². The SMILES string of the molecule is CCOc1ccc(C(NC)C2CCOC2C)c(Br)c1. The molecular formula is C15H22BrNO2. The van der Waals surface area contributed by atoms with E-state index in [4.69, 9.17) is 9.47 Å². The number of hydrogen-bond donors (Lipinski definition) is 1. The van der Waals surface area contributed by atoms with E-state index in [0.29, 0.717) is 24.7 Å². The van der Waals surface area contributed by atoms with Crippen molar-refractivity contribution in [2.24, 2.45) is 5.92 Å². The van der Waals surface area contributed by atoms with Gasteiger partial charge in [-0.3, -0.25) is 0 Å². The molecule has 4 heteroatoms. The van der Waals surface area contributed by atoms with Crippen LogP contribution >= 0.6 is 15.9 Å². The van der Waals surface area contributed by atoms with Crippen molar-refractivity contribution in [2.45, 2.75) is 32.4 Å². The van der Waals surface area contributed by atoms with Gasteiger partial charge in [0.05, 0.1) is 12.7 Å². The average molecular weight is 328 g/mol. The smallest absolute Gasteiger partial charge is 0.120 e. The largest absolute Gasteiger partial charge is 0.494 e. The first kappa shape index (κ1) is 14.8. The number of halogens is 1. The molecule has 1 heterocycles. The maximum Gasteiger partial charge on any atom is 0.120 e. The molecule has 3 atom stereocenters. The fourth-order valence-corrected chi connectivity index (χ4v) is 3.41. The quantitative estimate of drug-likeness (QED) is 0.897. The van der Waals surface area contributed by atoms with E-state index in [1.807, 2.05) is 26.1 Å². The van der Waals surface area contributed by atoms with E-state index in [-0.39, 0.29) is 0 Å². The fraction of sp³-hybridized carbons (Fsp3) is 0.600. The van der Waals surface area contributed by atoms with Crippen molar-refractivity contribution in [2.75, 3.05) is 20.3 Å². The third-order valence-electron chi connectivity index (χ3n) is 3.79. The Balaban J connectivity index is 2.23. The zero-order valence-corrected chi connectivity index (χ0v) is 13.4. The van der Waals surface area contributed by atoms with E-state index < -0.39 is 0 Å². The summed E-state index contributed by atoms with van der Waals surface area (Å²) in [5.41, 5.74) is 1.27. The normalized spacial score (nSPS) is 24.4. The molecular weight excluding hydrogens is 306 g/mol. The van der Waals surface area contributed by atoms with Crippen LogP contribution < -0.4 is 10.1 Å². The summed E-state index contributed by atoms with van der Waals surface area (Å²) >= 11 is 3.66. The van der Waals surface area contributed by atoms with Crippen molar-refractivity contribution < 1.29 is 9.47 Å². The Morgan fingerprint density at radius 3 is 2.84 bits per heavy atom. The average Bonchev–Trinajstić information content (AvgIpc) is 2.80. The van der Waals surface area contributed by atoms with Crippen molar-refractivity contribution >= 4 is 15.9 Å². The Bertz CT molecular complexity index is 425. The summed E-state index contributed by atoms with van der Waals surface area (Å²) in [6, 6.07) is 6.53. The lowest BCUT2D eigenvalue weighted by atomic mass is 9.88. The van der Waals surface area contributed by atoms with Gasteiger partial charge >= 0.3 is 0 Å². The van der Waals surface area contributed by atoms with E-state index in [1.165, 1.54) is 5.56 Å². The van der Waals surface area contributed by atoms with Crippen LogP contribution in [-0.2, 0) is 4.74 Å². The van der Waals surface area contributed by atoms with Gasteiger partial charge < -0.3 is 14.8 Å². The molecule has 0 bridgehead atoms. The van der Waals surface area contributed by atoms with E-state index in [1.54, 1.807) is 0 Å². The predicted octanol–water partition coefficient (Wildman–Crippen LogP) is 3.53. The lowest BCUT2D eigenvalue weighted by Gasteiger charge is -2.27. The highest BCUT2D eigenvalue weighted by atomic mass is 79.9. The number of nitrogens with one attached hydrogen (secondary N) is 1. The van der Waals surface area contributed by atoms with Gasteiger partial charge in [-0.2, -0.15) is 0 Å². The first-order valence-corrected chi connectivity index (χ1v) is 7.67. The maximum absolute atomic E-state index is 5.69. The highest BCUT2D eigenvalue weighted by molar-refractivity contribution is 9.10. The third-order valence-corrected chi connectivity index (χ3v) is 4.48. The van der Waals surface area contributed by atoms with Crippen molar-refractivity contribution in [1.82, 2.24) is 5.32 Å². The van der Waals surface area contributed by atoms with Gasteiger partial charge in [0.15, 0.2) is 0 Å². The zero-order valence-electron chi connectivity index (χ0n) is 11.8. The first-order valence-electron chi connectivity index (χ1n) is 6.88. The lowest BCUT2D eigenvalue weighted by Crippen LogP contribution is -2.29. The standard InChI is InChI=1S/C15H22BrNO2/c1-4-18-11-5-6-13(14(16)9-11)15(17-3)12-7-8-19-10(12)2/h5-6,9-10,12,15,17H,4,7-8H2,1-3H3. The summed E-state index contributed by atoms with van der Waals surface area (Å²) < 4.78 is 12.3. The topological polar surface area (TPSA) is 30.5 Å². The molecule has 0 aromatic heterocycles. The minimum atomic E-state index is 0.302. The Morgan fingerprint density at radius 1 is 1.53 bits per heavy atom. The number of hydrogen-bond acceptors (Lipinski definition) is 3. The van der Waals surface area contributed by atoms with Crippen LogP contribution in [-0.4, -0.2) is 26.4 Å². The lowest BCUT2D eigenvalue weighted by molar-refractivity contribution is 0.0962. The van der Waals surface area contributed by atoms with Crippen molar-refractivity contribution in [3.05, 3.63) is 28.2 Å². The second kappa shape index (κ2) is 6.73. The van der Waals surface area contributed by atoms with Crippen LogP contribution in [0.5, 0.6) is 5.75 Å². The van der Waals surface area contributed by atoms with Crippen LogP contribution in [0.3, 0.4) is 0 Å². The molecule has 0 aliphatic carbocycles. The van der Waals surface area contributed by atoms with Gasteiger partial charge in [-0.25, -0.2) is 0 Å². The van der Waals surface area contributed by atoms with Gasteiger partial charge in [-0.15, -0.1) is 0 Å². The van der Waals surface area contributed by atoms with Gasteiger partial charge in [-0.05, 0) is 45.0 Å². The molecule has 0 saturated carbocycles. The Hall–Kier alpha value is -0.580. The van der Waals surface area contributed by atoms with Crippen molar-refractivity contribution in [1.29, 1.82) is 0 Å². The van der Waals surface area contributed by atoms with E-state index in [9.17, 15) is 0 Å². The van der Waals surface area contributed by atoms with Crippen LogP contribution in [0.1, 0.15) is 31.9 Å². The third kappa shape index (κ3) is 3.30. The van der Waals surface area contributed by atoms with Gasteiger partial charge in [0.2, 0.25) is 0 Å². The summed E-state index contributed by atoms with van der Waals surface area (Å²) in [4.78, 5) is 0. The molecule has 1 aliphatic heterocycles. The molecule has 106 valence electrons. The van der Waals surface area contributed by atoms with Crippen molar-refractivity contribution in [3.8, 4) is 5.75 Å². The van der Waals surface area contributed by atoms with Crippen LogP contribution in [0.15, 0.2) is 22.7 Å². The van der Waals surface area contributed by atoms with Gasteiger partial charge in [0.25, 0.3) is 0 Å². The monoisotopic (exact) mass is 327 g/mol. The van der Waals surface area contributed by atoms with Gasteiger partial charge in [0.1, 0.15) is 5.75 Å². The molecule has 3 unspecified atom stereocenters. The van der Waals surface area contributed by atoms with Crippen molar-refractivity contribution in [3.63, 3.8) is 0 Å². The molecule has 1 aliphatic rings.